The maximum atomic E-state index is 12.6. The second kappa shape index (κ2) is 6.84. The van der Waals surface area contributed by atoms with E-state index in [4.69, 9.17) is 9.15 Å². The number of ether oxygens (including phenoxy) is 1. The summed E-state index contributed by atoms with van der Waals surface area (Å²) in [5.74, 6) is 1.95. The monoisotopic (exact) mass is 306 g/mol. The Labute approximate surface area is 132 Å². The van der Waals surface area contributed by atoms with Gasteiger partial charge in [0.05, 0.1) is 31.3 Å². The summed E-state index contributed by atoms with van der Waals surface area (Å²) in [5.41, 5.74) is 0. The molecule has 3 atom stereocenters. The number of carbonyl (C=O) groups is 1. The van der Waals surface area contributed by atoms with Crippen LogP contribution in [0, 0.1) is 6.92 Å². The molecule has 0 aromatic carbocycles. The summed E-state index contributed by atoms with van der Waals surface area (Å²) in [5, 5.41) is 3.28. The van der Waals surface area contributed by atoms with Crippen LogP contribution >= 0.6 is 0 Å². The van der Waals surface area contributed by atoms with E-state index in [-0.39, 0.29) is 24.1 Å². The van der Waals surface area contributed by atoms with Crippen LogP contribution in [0.2, 0.25) is 0 Å². The van der Waals surface area contributed by atoms with Gasteiger partial charge in [0.15, 0.2) is 0 Å². The van der Waals surface area contributed by atoms with Gasteiger partial charge in [0.25, 0.3) is 0 Å². The van der Waals surface area contributed by atoms with Crippen LogP contribution < -0.4 is 5.32 Å². The van der Waals surface area contributed by atoms with Gasteiger partial charge in [-0.05, 0) is 38.8 Å². The Kier molecular flexibility index (Phi) is 4.84. The number of hydrogen-bond acceptors (Lipinski definition) is 4. The molecule has 2 aliphatic rings. The number of morpholine rings is 1. The second-order valence-electron chi connectivity index (χ2n) is 6.40. The number of aryl methyl sites for hydroxylation is 1. The van der Waals surface area contributed by atoms with Crippen molar-refractivity contribution in [1.82, 2.24) is 10.2 Å². The number of furan rings is 1. The minimum absolute atomic E-state index is 0.0424. The van der Waals surface area contributed by atoms with E-state index >= 15 is 0 Å². The summed E-state index contributed by atoms with van der Waals surface area (Å²) in [6.45, 7) is 5.69. The molecule has 1 N–H and O–H groups in total. The molecule has 3 rings (SSSR count). The quantitative estimate of drug-likeness (QED) is 0.928. The lowest BCUT2D eigenvalue weighted by Crippen LogP contribution is -2.56. The highest BCUT2D eigenvalue weighted by Crippen LogP contribution is 2.28. The van der Waals surface area contributed by atoms with E-state index in [1.165, 1.54) is 12.8 Å². The molecule has 122 valence electrons. The maximum Gasteiger partial charge on any atom is 0.236 e. The van der Waals surface area contributed by atoms with Crippen LogP contribution in [0.1, 0.15) is 50.2 Å². The molecule has 5 nitrogen and oxygen atoms in total. The van der Waals surface area contributed by atoms with E-state index in [1.54, 1.807) is 0 Å². The van der Waals surface area contributed by atoms with Crippen molar-refractivity contribution in [3.8, 4) is 0 Å². The summed E-state index contributed by atoms with van der Waals surface area (Å²) in [6.07, 6.45) is 4.82. The molecule has 1 saturated carbocycles. The van der Waals surface area contributed by atoms with Crippen LogP contribution in [0.5, 0.6) is 0 Å². The smallest absolute Gasteiger partial charge is 0.236 e. The third-order valence-corrected chi connectivity index (χ3v) is 4.80. The standard InChI is InChI=1S/C17H26N2O3/c1-12-7-8-15(22-12)13(2)18-11-17(20)19-9-10-21-16-6-4-3-5-14(16)19/h7-8,13-14,16,18H,3-6,9-11H2,1-2H3/t13-,14-,16-/m0/s1. The molecule has 0 unspecified atom stereocenters. The highest BCUT2D eigenvalue weighted by Gasteiger charge is 2.36. The lowest BCUT2D eigenvalue weighted by molar-refractivity contribution is -0.148. The predicted octanol–water partition coefficient (Wildman–Crippen LogP) is 2.41. The van der Waals surface area contributed by atoms with Crippen LogP contribution in [0.15, 0.2) is 16.5 Å². The van der Waals surface area contributed by atoms with E-state index in [2.05, 4.69) is 5.32 Å². The summed E-state index contributed by atoms with van der Waals surface area (Å²) in [6, 6.07) is 4.23. The van der Waals surface area contributed by atoms with Crippen molar-refractivity contribution in [3.05, 3.63) is 23.7 Å². The van der Waals surface area contributed by atoms with Gasteiger partial charge in [-0.1, -0.05) is 12.8 Å². The zero-order valence-corrected chi connectivity index (χ0v) is 13.5. The number of hydrogen-bond donors (Lipinski definition) is 1. The molecule has 1 saturated heterocycles. The minimum atomic E-state index is 0.0424. The van der Waals surface area contributed by atoms with Gasteiger partial charge in [-0.3, -0.25) is 10.1 Å². The molecule has 1 aromatic rings. The van der Waals surface area contributed by atoms with E-state index in [9.17, 15) is 4.79 Å². The van der Waals surface area contributed by atoms with Crippen LogP contribution in [-0.4, -0.2) is 42.6 Å². The van der Waals surface area contributed by atoms with Crippen LogP contribution in [-0.2, 0) is 9.53 Å². The molecule has 0 bridgehead atoms. The van der Waals surface area contributed by atoms with Crippen LogP contribution in [0.25, 0.3) is 0 Å². The third-order valence-electron chi connectivity index (χ3n) is 4.80. The molecule has 2 heterocycles. The van der Waals surface area contributed by atoms with Gasteiger partial charge in [-0.15, -0.1) is 0 Å². The summed E-state index contributed by atoms with van der Waals surface area (Å²) in [4.78, 5) is 14.6. The average molecular weight is 306 g/mol. The fourth-order valence-corrected chi connectivity index (χ4v) is 3.53. The van der Waals surface area contributed by atoms with Crippen molar-refractivity contribution in [3.63, 3.8) is 0 Å². The Balaban J connectivity index is 1.54. The predicted molar refractivity (Wildman–Crippen MR) is 83.6 cm³/mol. The summed E-state index contributed by atoms with van der Waals surface area (Å²) in [7, 11) is 0. The fourth-order valence-electron chi connectivity index (χ4n) is 3.53. The zero-order chi connectivity index (χ0) is 15.5. The van der Waals surface area contributed by atoms with Gasteiger partial charge in [0.1, 0.15) is 11.5 Å². The topological polar surface area (TPSA) is 54.7 Å². The number of carbonyl (C=O) groups excluding carboxylic acids is 1. The van der Waals surface area contributed by atoms with Crippen molar-refractivity contribution >= 4 is 5.91 Å². The van der Waals surface area contributed by atoms with Gasteiger partial charge >= 0.3 is 0 Å². The van der Waals surface area contributed by atoms with E-state index in [0.29, 0.717) is 13.2 Å². The van der Waals surface area contributed by atoms with Crippen molar-refractivity contribution in [2.75, 3.05) is 19.7 Å². The minimum Gasteiger partial charge on any atom is -0.465 e. The van der Waals surface area contributed by atoms with E-state index in [1.807, 2.05) is 30.9 Å². The number of amides is 1. The van der Waals surface area contributed by atoms with Crippen molar-refractivity contribution in [1.29, 1.82) is 0 Å². The molecule has 22 heavy (non-hydrogen) atoms. The Bertz CT molecular complexity index is 512. The van der Waals surface area contributed by atoms with E-state index < -0.39 is 0 Å². The molecule has 5 heteroatoms. The van der Waals surface area contributed by atoms with Crippen molar-refractivity contribution < 1.29 is 13.9 Å². The van der Waals surface area contributed by atoms with Crippen LogP contribution in [0.3, 0.4) is 0 Å². The van der Waals surface area contributed by atoms with Crippen LogP contribution in [0.4, 0.5) is 0 Å². The highest BCUT2D eigenvalue weighted by molar-refractivity contribution is 5.78. The number of fused-ring (bicyclic) bond motifs is 1. The first-order valence-electron chi connectivity index (χ1n) is 8.36. The number of nitrogens with one attached hydrogen (secondary N) is 1. The maximum absolute atomic E-state index is 12.6. The van der Waals surface area contributed by atoms with Crippen molar-refractivity contribution in [2.45, 2.75) is 57.7 Å². The molecule has 0 spiro atoms. The molecule has 1 amide bonds. The van der Waals surface area contributed by atoms with E-state index in [0.717, 1.165) is 30.9 Å². The van der Waals surface area contributed by atoms with Gasteiger partial charge in [-0.2, -0.15) is 0 Å². The molecule has 2 fully saturated rings. The largest absolute Gasteiger partial charge is 0.465 e. The molecule has 1 aliphatic carbocycles. The Morgan fingerprint density at radius 3 is 3.00 bits per heavy atom. The molecule has 1 aliphatic heterocycles. The summed E-state index contributed by atoms with van der Waals surface area (Å²) < 4.78 is 11.4. The SMILES string of the molecule is Cc1ccc([C@H](C)NCC(=O)N2CCO[C@H]3CCCC[C@@H]32)o1. The summed E-state index contributed by atoms with van der Waals surface area (Å²) >= 11 is 0. The first kappa shape index (κ1) is 15.6. The highest BCUT2D eigenvalue weighted by atomic mass is 16.5. The lowest BCUT2D eigenvalue weighted by atomic mass is 9.90. The lowest BCUT2D eigenvalue weighted by Gasteiger charge is -2.44. The number of nitrogens with zero attached hydrogens (tertiary/aromatic N) is 1. The molecular weight excluding hydrogens is 280 g/mol. The fraction of sp³-hybridized carbons (Fsp3) is 0.706. The van der Waals surface area contributed by atoms with Gasteiger partial charge in [-0.25, -0.2) is 0 Å². The first-order valence-corrected chi connectivity index (χ1v) is 8.36. The molecule has 0 radical (unpaired) electrons. The average Bonchev–Trinajstić information content (AvgIpc) is 2.98. The normalized spacial score (nSPS) is 26.5. The number of rotatable bonds is 4. The Morgan fingerprint density at radius 2 is 2.23 bits per heavy atom. The van der Waals surface area contributed by atoms with Crippen molar-refractivity contribution in [2.24, 2.45) is 0 Å². The molecule has 1 aromatic heterocycles. The van der Waals surface area contributed by atoms with Gasteiger partial charge < -0.3 is 14.1 Å². The zero-order valence-electron chi connectivity index (χ0n) is 13.5. The van der Waals surface area contributed by atoms with Gasteiger partial charge in [0.2, 0.25) is 5.91 Å². The molecular formula is C17H26N2O3. The Morgan fingerprint density at radius 1 is 1.41 bits per heavy atom. The van der Waals surface area contributed by atoms with Gasteiger partial charge in [0, 0.05) is 6.54 Å². The first-order chi connectivity index (χ1) is 10.6. The Hall–Kier alpha value is -1.33. The second-order valence-corrected chi connectivity index (χ2v) is 6.40. The third kappa shape index (κ3) is 3.36.